The molecule has 0 aromatic heterocycles. The van der Waals surface area contributed by atoms with Gasteiger partial charge in [-0.25, -0.2) is 12.8 Å². The lowest BCUT2D eigenvalue weighted by molar-refractivity contribution is -0.140. The van der Waals surface area contributed by atoms with Gasteiger partial charge in [0.05, 0.1) is 18.0 Å². The number of carbonyl (C=O) groups excluding carboxylic acids is 2. The van der Waals surface area contributed by atoms with Crippen molar-refractivity contribution in [3.63, 3.8) is 0 Å². The quantitative estimate of drug-likeness (QED) is 0.576. The van der Waals surface area contributed by atoms with Crippen LogP contribution in [-0.2, 0) is 30.9 Å². The molecule has 1 atom stereocenters. The molecule has 2 aromatic carbocycles. The molecular weight excluding hydrogens is 469 g/mol. The van der Waals surface area contributed by atoms with E-state index in [2.05, 4.69) is 10.6 Å². The van der Waals surface area contributed by atoms with Crippen molar-refractivity contribution in [2.75, 3.05) is 26.5 Å². The molecule has 12 heteroatoms. The van der Waals surface area contributed by atoms with Crippen LogP contribution < -0.4 is 20.1 Å². The second kappa shape index (κ2) is 9.95. The fraction of sp³-hybridized carbons (Fsp3) is 0.364. The maximum Gasteiger partial charge on any atom is 0.309 e. The maximum atomic E-state index is 13.6. The minimum Gasteiger partial charge on any atom is -0.454 e. The average Bonchev–Trinajstić information content (AvgIpc) is 3.30. The largest absolute Gasteiger partial charge is 0.454 e. The van der Waals surface area contributed by atoms with Crippen LogP contribution in [0.2, 0.25) is 0 Å². The van der Waals surface area contributed by atoms with Gasteiger partial charge in [-0.05, 0) is 54.8 Å². The van der Waals surface area contributed by atoms with Crippen molar-refractivity contribution >= 4 is 21.8 Å². The Bertz CT molecular complexity index is 1200. The molecule has 0 radical (unpaired) electrons. The molecule has 0 aliphatic carbocycles. The predicted molar refractivity (Wildman–Crippen MR) is 117 cm³/mol. The zero-order valence-electron chi connectivity index (χ0n) is 18.4. The number of benzene rings is 2. The van der Waals surface area contributed by atoms with E-state index in [0.29, 0.717) is 30.1 Å². The third-order valence-electron chi connectivity index (χ3n) is 5.42. The van der Waals surface area contributed by atoms with Gasteiger partial charge in [-0.2, -0.15) is 4.31 Å². The number of carbonyl (C=O) groups is 2. The zero-order valence-corrected chi connectivity index (χ0v) is 19.2. The molecule has 1 fully saturated rings. The topological polar surface area (TPSA) is 123 Å². The number of hydrogen-bond donors (Lipinski definition) is 2. The molecule has 182 valence electrons. The van der Waals surface area contributed by atoms with Crippen LogP contribution in [0.5, 0.6) is 11.5 Å². The molecule has 0 spiro atoms. The SMILES string of the molecule is Cc1cc(S(=O)(=O)N2CCCOC2CNC(=O)C(=O)NCc2ccc3c(c2)OCO3)ccc1F. The van der Waals surface area contributed by atoms with E-state index in [1.165, 1.54) is 19.1 Å². The molecule has 2 aromatic rings. The summed E-state index contributed by atoms with van der Waals surface area (Å²) in [4.78, 5) is 24.4. The smallest absolute Gasteiger partial charge is 0.309 e. The first-order valence-corrected chi connectivity index (χ1v) is 12.0. The van der Waals surface area contributed by atoms with Crippen molar-refractivity contribution in [3.8, 4) is 11.5 Å². The third-order valence-corrected chi connectivity index (χ3v) is 7.31. The van der Waals surface area contributed by atoms with Crippen LogP contribution in [0.1, 0.15) is 17.5 Å². The Hall–Kier alpha value is -3.22. The monoisotopic (exact) mass is 493 g/mol. The highest BCUT2D eigenvalue weighted by Crippen LogP contribution is 2.32. The number of amides is 2. The molecule has 4 rings (SSSR count). The Morgan fingerprint density at radius 3 is 2.65 bits per heavy atom. The summed E-state index contributed by atoms with van der Waals surface area (Å²) in [5, 5.41) is 4.92. The highest BCUT2D eigenvalue weighted by molar-refractivity contribution is 7.89. The van der Waals surface area contributed by atoms with Crippen molar-refractivity contribution in [3.05, 3.63) is 53.3 Å². The third kappa shape index (κ3) is 5.13. The first kappa shape index (κ1) is 23.9. The minimum atomic E-state index is -4.00. The minimum absolute atomic E-state index is 0.0744. The van der Waals surface area contributed by atoms with Crippen molar-refractivity contribution in [1.29, 1.82) is 0 Å². The van der Waals surface area contributed by atoms with Gasteiger partial charge in [-0.3, -0.25) is 9.59 Å². The number of aryl methyl sites for hydroxylation is 1. The molecule has 1 unspecified atom stereocenters. The Kier molecular flexibility index (Phi) is 7.00. The molecule has 34 heavy (non-hydrogen) atoms. The van der Waals surface area contributed by atoms with Crippen LogP contribution in [-0.4, -0.2) is 57.3 Å². The molecule has 1 saturated heterocycles. The highest BCUT2D eigenvalue weighted by atomic mass is 32.2. The zero-order chi connectivity index (χ0) is 24.3. The van der Waals surface area contributed by atoms with E-state index >= 15 is 0 Å². The molecular formula is C22H24FN3O7S. The summed E-state index contributed by atoms with van der Waals surface area (Å²) < 4.78 is 56.9. The summed E-state index contributed by atoms with van der Waals surface area (Å²) in [6.07, 6.45) is -0.547. The Balaban J connectivity index is 1.34. The van der Waals surface area contributed by atoms with Gasteiger partial charge in [0, 0.05) is 13.1 Å². The summed E-state index contributed by atoms with van der Waals surface area (Å²) >= 11 is 0. The van der Waals surface area contributed by atoms with Crippen LogP contribution in [0.3, 0.4) is 0 Å². The maximum absolute atomic E-state index is 13.6. The molecule has 0 saturated carbocycles. The molecule has 2 N–H and O–H groups in total. The number of ether oxygens (including phenoxy) is 3. The molecule has 2 aliphatic heterocycles. The van der Waals surface area contributed by atoms with Crippen LogP contribution in [0, 0.1) is 12.7 Å². The van der Waals surface area contributed by atoms with E-state index in [-0.39, 0.29) is 36.9 Å². The predicted octanol–water partition coefficient (Wildman–Crippen LogP) is 1.03. The number of sulfonamides is 1. The molecule has 2 heterocycles. The highest BCUT2D eigenvalue weighted by Gasteiger charge is 2.35. The van der Waals surface area contributed by atoms with Gasteiger partial charge in [-0.15, -0.1) is 0 Å². The number of rotatable bonds is 6. The summed E-state index contributed by atoms with van der Waals surface area (Å²) in [5.74, 6) is -1.15. The fourth-order valence-corrected chi connectivity index (χ4v) is 5.24. The molecule has 10 nitrogen and oxygen atoms in total. The van der Waals surface area contributed by atoms with Crippen LogP contribution in [0.4, 0.5) is 4.39 Å². The van der Waals surface area contributed by atoms with Gasteiger partial charge in [0.25, 0.3) is 0 Å². The Morgan fingerprint density at radius 2 is 1.85 bits per heavy atom. The normalized spacial score (nSPS) is 17.9. The lowest BCUT2D eigenvalue weighted by atomic mass is 10.2. The second-order valence-corrected chi connectivity index (χ2v) is 9.68. The van der Waals surface area contributed by atoms with E-state index < -0.39 is 33.9 Å². The Morgan fingerprint density at radius 1 is 1.09 bits per heavy atom. The van der Waals surface area contributed by atoms with E-state index in [4.69, 9.17) is 14.2 Å². The van der Waals surface area contributed by atoms with Crippen LogP contribution in [0.25, 0.3) is 0 Å². The number of nitrogens with one attached hydrogen (secondary N) is 2. The number of nitrogens with zero attached hydrogens (tertiary/aromatic N) is 1. The van der Waals surface area contributed by atoms with Gasteiger partial charge in [0.1, 0.15) is 12.0 Å². The van der Waals surface area contributed by atoms with Crippen molar-refractivity contribution in [2.45, 2.75) is 31.0 Å². The second-order valence-electron chi connectivity index (χ2n) is 7.79. The first-order valence-electron chi connectivity index (χ1n) is 10.6. The lowest BCUT2D eigenvalue weighted by Gasteiger charge is -2.34. The van der Waals surface area contributed by atoms with E-state index in [1.54, 1.807) is 18.2 Å². The van der Waals surface area contributed by atoms with E-state index in [0.717, 1.165) is 10.4 Å². The number of hydrogen-bond acceptors (Lipinski definition) is 7. The van der Waals surface area contributed by atoms with Crippen LogP contribution in [0.15, 0.2) is 41.3 Å². The van der Waals surface area contributed by atoms with Gasteiger partial charge in [0.2, 0.25) is 16.8 Å². The van der Waals surface area contributed by atoms with E-state index in [9.17, 15) is 22.4 Å². The average molecular weight is 494 g/mol. The van der Waals surface area contributed by atoms with Gasteiger partial charge in [0.15, 0.2) is 11.5 Å². The summed E-state index contributed by atoms with van der Waals surface area (Å²) in [6.45, 7) is 1.93. The summed E-state index contributed by atoms with van der Waals surface area (Å²) in [5.41, 5.74) is 0.913. The molecule has 0 bridgehead atoms. The lowest BCUT2D eigenvalue weighted by Crippen LogP contribution is -2.53. The van der Waals surface area contributed by atoms with Crippen LogP contribution >= 0.6 is 0 Å². The van der Waals surface area contributed by atoms with Gasteiger partial charge in [-0.1, -0.05) is 6.07 Å². The Labute approximate surface area is 196 Å². The number of halogens is 1. The first-order chi connectivity index (χ1) is 16.3. The standard InChI is InChI=1S/C22H24FN3O7S/c1-14-9-16(4-5-17(14)23)34(29,30)26-7-2-8-31-20(26)12-25-22(28)21(27)24-11-15-3-6-18-19(10-15)33-13-32-18/h3-6,9-10,20H,2,7-8,11-13H2,1H3,(H,24,27)(H,25,28). The molecule has 2 amide bonds. The number of fused-ring (bicyclic) bond motifs is 1. The van der Waals surface area contributed by atoms with Crippen molar-refractivity contribution < 1.29 is 36.6 Å². The van der Waals surface area contributed by atoms with E-state index in [1.807, 2.05) is 0 Å². The summed E-state index contributed by atoms with van der Waals surface area (Å²) in [7, 11) is -4.00. The fourth-order valence-electron chi connectivity index (χ4n) is 3.59. The van der Waals surface area contributed by atoms with Crippen molar-refractivity contribution in [1.82, 2.24) is 14.9 Å². The van der Waals surface area contributed by atoms with Crippen molar-refractivity contribution in [2.24, 2.45) is 0 Å². The molecule has 2 aliphatic rings. The van der Waals surface area contributed by atoms with Gasteiger partial charge >= 0.3 is 11.8 Å². The summed E-state index contributed by atoms with van der Waals surface area (Å²) in [6, 6.07) is 8.68. The van der Waals surface area contributed by atoms with Gasteiger partial charge < -0.3 is 24.8 Å².